The Kier molecular flexibility index (Phi) is 6.84. The van der Waals surface area contributed by atoms with Gasteiger partial charge >= 0.3 is 0 Å². The second kappa shape index (κ2) is 10.2. The number of rotatable bonds is 8. The number of hydrogen-bond donors (Lipinski definition) is 3. The summed E-state index contributed by atoms with van der Waals surface area (Å²) in [6.45, 7) is 6.12. The van der Waals surface area contributed by atoms with E-state index in [0.717, 1.165) is 61.0 Å². The molecule has 5 aromatic rings. The van der Waals surface area contributed by atoms with Crippen molar-refractivity contribution in [2.75, 3.05) is 6.26 Å². The van der Waals surface area contributed by atoms with Gasteiger partial charge in [0, 0.05) is 41.5 Å². The van der Waals surface area contributed by atoms with Crippen molar-refractivity contribution < 1.29 is 4.39 Å². The summed E-state index contributed by atoms with van der Waals surface area (Å²) >= 11 is 0. The number of halogens is 1. The number of aromatic nitrogens is 4. The maximum Gasteiger partial charge on any atom is 0.124 e. The molecule has 6 nitrogen and oxygen atoms in total. The molecule has 3 heterocycles. The molecule has 0 aliphatic carbocycles. The van der Waals surface area contributed by atoms with Crippen molar-refractivity contribution >= 4 is 54.7 Å². The Morgan fingerprint density at radius 3 is 2.71 bits per heavy atom. The van der Waals surface area contributed by atoms with Gasteiger partial charge in [-0.15, -0.1) is 0 Å². The molecule has 0 unspecified atom stereocenters. The Hall–Kier alpha value is -4.27. The van der Waals surface area contributed by atoms with E-state index >= 15 is 0 Å². The van der Waals surface area contributed by atoms with Gasteiger partial charge in [-0.3, -0.25) is 19.8 Å². The molecule has 192 valence electrons. The molecule has 0 aliphatic heterocycles. The van der Waals surface area contributed by atoms with Crippen LogP contribution in [0.25, 0.3) is 49.9 Å². The fourth-order valence-corrected chi connectivity index (χ4v) is 4.94. The molecular weight excluding hydrogens is 495 g/mol. The zero-order valence-corrected chi connectivity index (χ0v) is 22.2. The molecular formula is C30H29FN6S. The van der Waals surface area contributed by atoms with Crippen LogP contribution in [-0.4, -0.2) is 44.4 Å². The number of nitrogens with one attached hydrogen (secondary N) is 3. The molecule has 3 aromatic heterocycles. The van der Waals surface area contributed by atoms with E-state index in [1.807, 2.05) is 43.5 Å². The second-order valence-corrected chi connectivity index (χ2v) is 12.1. The molecule has 0 amide bonds. The fourth-order valence-electron chi connectivity index (χ4n) is 4.42. The number of allylic oxidation sites excluding steroid dienone is 2. The van der Waals surface area contributed by atoms with Gasteiger partial charge in [0.1, 0.15) is 11.5 Å². The van der Waals surface area contributed by atoms with Crippen molar-refractivity contribution in [1.29, 1.82) is 0 Å². The standard InChI is InChI=1S/C30H29FN6S/c1-6-20(16-32-7-2)21-8-9-27-25(13-21)30(37-36-27)28-14-24-26(17-33-18-29(24)35-28)22-10-19(11-23(31)12-22)15-34-38(3,4)5/h6-14,16-18,34-35H,2-4,15H2,1,5H3,(H,36,37)/b20-6+,32-16?. The summed E-state index contributed by atoms with van der Waals surface area (Å²) in [7, 11) is -1.42. The van der Waals surface area contributed by atoms with Gasteiger partial charge in [-0.05, 0) is 71.8 Å². The average Bonchev–Trinajstić information content (AvgIpc) is 3.51. The fraction of sp³-hybridized carbons (Fsp3) is 0.100. The van der Waals surface area contributed by atoms with Crippen molar-refractivity contribution in [3.63, 3.8) is 0 Å². The van der Waals surface area contributed by atoms with Crippen LogP contribution < -0.4 is 4.72 Å². The second-order valence-electron chi connectivity index (χ2n) is 9.31. The van der Waals surface area contributed by atoms with Crippen molar-refractivity contribution in [1.82, 2.24) is 24.9 Å². The smallest absolute Gasteiger partial charge is 0.124 e. The summed E-state index contributed by atoms with van der Waals surface area (Å²) in [5, 5.41) is 9.64. The van der Waals surface area contributed by atoms with Crippen LogP contribution in [0.15, 0.2) is 78.7 Å². The Balaban J connectivity index is 1.59. The lowest BCUT2D eigenvalue weighted by Gasteiger charge is -2.12. The van der Waals surface area contributed by atoms with E-state index in [-0.39, 0.29) is 5.82 Å². The molecule has 3 N–H and O–H groups in total. The summed E-state index contributed by atoms with van der Waals surface area (Å²) in [6, 6.07) is 13.2. The van der Waals surface area contributed by atoms with Gasteiger partial charge in [-0.2, -0.15) is 14.5 Å². The number of aromatic amines is 2. The molecule has 0 spiro atoms. The Labute approximate surface area is 221 Å². The lowest BCUT2D eigenvalue weighted by Crippen LogP contribution is -2.08. The molecule has 5 rings (SSSR count). The molecule has 0 atom stereocenters. The molecule has 0 radical (unpaired) electrons. The van der Waals surface area contributed by atoms with Crippen LogP contribution in [0, 0.1) is 5.82 Å². The maximum atomic E-state index is 14.6. The van der Waals surface area contributed by atoms with Crippen LogP contribution >= 0.6 is 9.39 Å². The maximum absolute atomic E-state index is 14.6. The molecule has 2 aromatic carbocycles. The van der Waals surface area contributed by atoms with Gasteiger partial charge in [0.2, 0.25) is 0 Å². The molecule has 38 heavy (non-hydrogen) atoms. The molecule has 8 heteroatoms. The predicted molar refractivity (Wildman–Crippen MR) is 164 cm³/mol. The number of fused-ring (bicyclic) bond motifs is 2. The summed E-state index contributed by atoms with van der Waals surface area (Å²) in [4.78, 5) is 12.0. The first-order valence-electron chi connectivity index (χ1n) is 12.0. The van der Waals surface area contributed by atoms with Crippen LogP contribution in [0.3, 0.4) is 0 Å². The topological polar surface area (TPSA) is 81.8 Å². The molecule has 0 aliphatic rings. The van der Waals surface area contributed by atoms with Gasteiger partial charge < -0.3 is 4.98 Å². The number of aliphatic imine (C=N–C) groups is 1. The number of benzene rings is 2. The molecule has 0 saturated heterocycles. The van der Waals surface area contributed by atoms with Gasteiger partial charge in [0.05, 0.1) is 22.9 Å². The van der Waals surface area contributed by atoms with Crippen LogP contribution in [0.4, 0.5) is 4.39 Å². The van der Waals surface area contributed by atoms with E-state index in [9.17, 15) is 4.39 Å². The third-order valence-electron chi connectivity index (χ3n) is 6.22. The quantitative estimate of drug-likeness (QED) is 0.154. The highest BCUT2D eigenvalue weighted by Gasteiger charge is 2.15. The molecule has 0 saturated carbocycles. The minimum absolute atomic E-state index is 0.303. The van der Waals surface area contributed by atoms with Gasteiger partial charge in [0.15, 0.2) is 0 Å². The van der Waals surface area contributed by atoms with Gasteiger partial charge in [0.25, 0.3) is 0 Å². The first kappa shape index (κ1) is 25.4. The third-order valence-corrected chi connectivity index (χ3v) is 7.06. The van der Waals surface area contributed by atoms with Crippen molar-refractivity contribution in [2.24, 2.45) is 4.99 Å². The number of nitrogens with zero attached hydrogens (tertiary/aromatic N) is 3. The lowest BCUT2D eigenvalue weighted by atomic mass is 10.0. The zero-order chi connectivity index (χ0) is 26.9. The van der Waals surface area contributed by atoms with E-state index in [1.54, 1.807) is 18.6 Å². The van der Waals surface area contributed by atoms with Crippen LogP contribution in [0.5, 0.6) is 0 Å². The summed E-state index contributed by atoms with van der Waals surface area (Å²) in [5.74, 6) is 7.78. The first-order valence-corrected chi connectivity index (χ1v) is 14.4. The van der Waals surface area contributed by atoms with Crippen LogP contribution in [-0.2, 0) is 6.54 Å². The van der Waals surface area contributed by atoms with E-state index in [1.165, 1.54) is 18.3 Å². The Bertz CT molecular complexity index is 1840. The number of pyridine rings is 1. The zero-order valence-electron chi connectivity index (χ0n) is 21.4. The van der Waals surface area contributed by atoms with Gasteiger partial charge in [-0.25, -0.2) is 4.39 Å². The summed E-state index contributed by atoms with van der Waals surface area (Å²) in [5.41, 5.74) is 7.81. The highest BCUT2D eigenvalue weighted by Crippen LogP contribution is 2.35. The Morgan fingerprint density at radius 1 is 1.11 bits per heavy atom. The average molecular weight is 525 g/mol. The monoisotopic (exact) mass is 524 g/mol. The normalized spacial score (nSPS) is 12.7. The number of H-pyrrole nitrogens is 2. The van der Waals surface area contributed by atoms with Gasteiger partial charge in [-0.1, -0.05) is 30.5 Å². The Morgan fingerprint density at radius 2 is 1.95 bits per heavy atom. The first-order chi connectivity index (χ1) is 18.3. The van der Waals surface area contributed by atoms with E-state index < -0.39 is 9.39 Å². The van der Waals surface area contributed by atoms with Crippen LogP contribution in [0.2, 0.25) is 0 Å². The van der Waals surface area contributed by atoms with Crippen molar-refractivity contribution in [3.05, 3.63) is 90.7 Å². The minimum atomic E-state index is -1.42. The highest BCUT2D eigenvalue weighted by molar-refractivity contribution is 8.25. The van der Waals surface area contributed by atoms with Crippen molar-refractivity contribution in [2.45, 2.75) is 13.5 Å². The summed E-state index contributed by atoms with van der Waals surface area (Å²) in [6.07, 6.45) is 10.8. The molecule has 0 bridgehead atoms. The third kappa shape index (κ3) is 5.22. The van der Waals surface area contributed by atoms with Crippen LogP contribution in [0.1, 0.15) is 18.1 Å². The largest absolute Gasteiger partial charge is 0.352 e. The summed E-state index contributed by atoms with van der Waals surface area (Å²) < 4.78 is 17.9. The predicted octanol–water partition coefficient (Wildman–Crippen LogP) is 6.83. The number of hydrogen-bond acceptors (Lipinski definition) is 4. The molecule has 0 fully saturated rings. The minimum Gasteiger partial charge on any atom is -0.352 e. The SMILES string of the molecule is C=CN=C/C(=C\C)c1ccc2[nH]nc(-c3cc4c(-c5cc(F)cc(CNS(=C)(=C)C)c5)cncc4[nH]3)c2c1. The van der Waals surface area contributed by atoms with E-state index in [4.69, 9.17) is 0 Å². The lowest BCUT2D eigenvalue weighted by molar-refractivity contribution is 0.625. The van der Waals surface area contributed by atoms with E-state index in [2.05, 4.69) is 54.3 Å². The van der Waals surface area contributed by atoms with E-state index in [0.29, 0.717) is 6.54 Å². The van der Waals surface area contributed by atoms with Crippen molar-refractivity contribution in [3.8, 4) is 22.5 Å². The highest BCUT2D eigenvalue weighted by atomic mass is 32.2.